The van der Waals surface area contributed by atoms with Crippen LogP contribution in [0.4, 0.5) is 0 Å². The van der Waals surface area contributed by atoms with Gasteiger partial charge < -0.3 is 9.80 Å². The quantitative estimate of drug-likeness (QED) is 0.823. The fraction of sp³-hybridized carbons (Fsp3) is 0.929. The van der Waals surface area contributed by atoms with Gasteiger partial charge in [-0.15, -0.1) is 0 Å². The summed E-state index contributed by atoms with van der Waals surface area (Å²) >= 11 is 0. The first kappa shape index (κ1) is 13.8. The molecule has 0 saturated carbocycles. The standard InChI is InChI=1S/C14H27N3O/c1-5-14(3)12(18)17(11-15-14)10-13(2)6-8-16(4)9-7-13/h15H,5-11H2,1-4H3. The number of rotatable bonds is 3. The first-order valence-corrected chi connectivity index (χ1v) is 7.11. The topological polar surface area (TPSA) is 35.6 Å². The SMILES string of the molecule is CCC1(C)NCN(CC2(C)CCN(C)CC2)C1=O. The van der Waals surface area contributed by atoms with Crippen LogP contribution in [0, 0.1) is 5.41 Å². The van der Waals surface area contributed by atoms with Gasteiger partial charge in [0, 0.05) is 6.54 Å². The maximum absolute atomic E-state index is 12.4. The highest BCUT2D eigenvalue weighted by molar-refractivity contribution is 5.87. The van der Waals surface area contributed by atoms with Gasteiger partial charge in [-0.1, -0.05) is 13.8 Å². The number of hydrogen-bond donors (Lipinski definition) is 1. The fourth-order valence-corrected chi connectivity index (χ4v) is 2.95. The number of carbonyl (C=O) groups excluding carboxylic acids is 1. The summed E-state index contributed by atoms with van der Waals surface area (Å²) in [5, 5.41) is 3.36. The Bertz CT molecular complexity index is 323. The van der Waals surface area contributed by atoms with Gasteiger partial charge in [0.1, 0.15) is 0 Å². The maximum atomic E-state index is 12.4. The van der Waals surface area contributed by atoms with Crippen LogP contribution in [0.25, 0.3) is 0 Å². The van der Waals surface area contributed by atoms with E-state index in [0.717, 1.165) is 26.1 Å². The molecule has 2 rings (SSSR count). The second-order valence-corrected chi connectivity index (χ2v) is 6.64. The van der Waals surface area contributed by atoms with Gasteiger partial charge in [-0.2, -0.15) is 0 Å². The van der Waals surface area contributed by atoms with Crippen LogP contribution in [-0.4, -0.2) is 54.6 Å². The molecule has 1 atom stereocenters. The van der Waals surface area contributed by atoms with Crippen LogP contribution >= 0.6 is 0 Å². The van der Waals surface area contributed by atoms with Crippen LogP contribution in [0.5, 0.6) is 0 Å². The van der Waals surface area contributed by atoms with Gasteiger partial charge >= 0.3 is 0 Å². The minimum atomic E-state index is -0.332. The largest absolute Gasteiger partial charge is 0.328 e. The normalized spacial score (nSPS) is 33.1. The van der Waals surface area contributed by atoms with Gasteiger partial charge in [0.15, 0.2) is 0 Å². The molecule has 1 N–H and O–H groups in total. The molecule has 2 heterocycles. The van der Waals surface area contributed by atoms with E-state index in [1.54, 1.807) is 0 Å². The van der Waals surface area contributed by atoms with E-state index in [2.05, 4.69) is 31.1 Å². The predicted molar refractivity (Wildman–Crippen MR) is 73.2 cm³/mol. The molecule has 4 heteroatoms. The lowest BCUT2D eigenvalue weighted by Gasteiger charge is -2.40. The molecule has 2 aliphatic heterocycles. The number of nitrogens with one attached hydrogen (secondary N) is 1. The summed E-state index contributed by atoms with van der Waals surface area (Å²) in [5.41, 5.74) is -0.0370. The molecule has 0 aromatic heterocycles. The van der Waals surface area contributed by atoms with E-state index in [-0.39, 0.29) is 11.4 Å². The number of piperidine rings is 1. The lowest BCUT2D eigenvalue weighted by Crippen LogP contribution is -2.46. The molecule has 0 radical (unpaired) electrons. The number of amides is 1. The summed E-state index contributed by atoms with van der Waals surface area (Å²) in [7, 11) is 2.18. The molecular weight excluding hydrogens is 226 g/mol. The summed E-state index contributed by atoms with van der Waals surface area (Å²) in [6.45, 7) is 10.3. The van der Waals surface area contributed by atoms with Crippen molar-refractivity contribution in [3.63, 3.8) is 0 Å². The van der Waals surface area contributed by atoms with Crippen LogP contribution in [0.3, 0.4) is 0 Å². The van der Waals surface area contributed by atoms with Crippen molar-refractivity contribution < 1.29 is 4.79 Å². The Labute approximate surface area is 111 Å². The minimum absolute atomic E-state index is 0.283. The summed E-state index contributed by atoms with van der Waals surface area (Å²) in [6.07, 6.45) is 3.24. The molecule has 0 aliphatic carbocycles. The number of hydrogen-bond acceptors (Lipinski definition) is 3. The van der Waals surface area contributed by atoms with Crippen molar-refractivity contribution in [1.82, 2.24) is 15.1 Å². The lowest BCUT2D eigenvalue weighted by molar-refractivity contribution is -0.133. The van der Waals surface area contributed by atoms with E-state index in [1.165, 1.54) is 12.8 Å². The number of likely N-dealkylation sites (tertiary alicyclic amines) is 1. The highest BCUT2D eigenvalue weighted by atomic mass is 16.2. The van der Waals surface area contributed by atoms with Crippen molar-refractivity contribution in [2.75, 3.05) is 33.4 Å². The molecule has 1 amide bonds. The molecule has 0 aromatic carbocycles. The highest BCUT2D eigenvalue weighted by Gasteiger charge is 2.43. The first-order chi connectivity index (χ1) is 8.38. The third-order valence-electron chi connectivity index (χ3n) is 4.89. The monoisotopic (exact) mass is 253 g/mol. The van der Waals surface area contributed by atoms with Gasteiger partial charge in [0.2, 0.25) is 5.91 Å². The second-order valence-electron chi connectivity index (χ2n) is 6.64. The van der Waals surface area contributed by atoms with Crippen molar-refractivity contribution >= 4 is 5.91 Å². The Morgan fingerprint density at radius 2 is 1.89 bits per heavy atom. The van der Waals surface area contributed by atoms with Gasteiger partial charge in [0.25, 0.3) is 0 Å². The minimum Gasteiger partial charge on any atom is -0.328 e. The molecule has 1 unspecified atom stereocenters. The average Bonchev–Trinajstić information content (AvgIpc) is 2.63. The van der Waals surface area contributed by atoms with E-state index in [0.29, 0.717) is 12.1 Å². The van der Waals surface area contributed by atoms with Crippen LogP contribution in [0.15, 0.2) is 0 Å². The molecule has 0 aromatic rings. The zero-order valence-electron chi connectivity index (χ0n) is 12.3. The van der Waals surface area contributed by atoms with Crippen molar-refractivity contribution in [2.24, 2.45) is 5.41 Å². The molecule has 2 fully saturated rings. The number of carbonyl (C=O) groups is 1. The zero-order chi connectivity index (χ0) is 13.4. The molecular formula is C14H27N3O. The molecule has 18 heavy (non-hydrogen) atoms. The summed E-state index contributed by atoms with van der Waals surface area (Å²) in [5.74, 6) is 0.283. The molecule has 2 saturated heterocycles. The van der Waals surface area contributed by atoms with E-state index in [9.17, 15) is 4.79 Å². The van der Waals surface area contributed by atoms with Crippen LogP contribution in [0.2, 0.25) is 0 Å². The first-order valence-electron chi connectivity index (χ1n) is 7.11. The predicted octanol–water partition coefficient (Wildman–Crippen LogP) is 1.28. The molecule has 104 valence electrons. The average molecular weight is 253 g/mol. The summed E-state index contributed by atoms with van der Waals surface area (Å²) < 4.78 is 0. The Kier molecular flexibility index (Phi) is 3.70. The maximum Gasteiger partial charge on any atom is 0.243 e. The fourth-order valence-electron chi connectivity index (χ4n) is 2.95. The van der Waals surface area contributed by atoms with Crippen molar-refractivity contribution in [1.29, 1.82) is 0 Å². The van der Waals surface area contributed by atoms with E-state index in [4.69, 9.17) is 0 Å². The van der Waals surface area contributed by atoms with Crippen LogP contribution < -0.4 is 5.32 Å². The van der Waals surface area contributed by atoms with Gasteiger partial charge in [-0.05, 0) is 51.7 Å². The van der Waals surface area contributed by atoms with Crippen molar-refractivity contribution in [3.8, 4) is 0 Å². The molecule has 0 spiro atoms. The van der Waals surface area contributed by atoms with Crippen molar-refractivity contribution in [3.05, 3.63) is 0 Å². The Morgan fingerprint density at radius 1 is 1.28 bits per heavy atom. The van der Waals surface area contributed by atoms with Gasteiger partial charge in [-0.25, -0.2) is 0 Å². The zero-order valence-corrected chi connectivity index (χ0v) is 12.3. The molecule has 4 nitrogen and oxygen atoms in total. The smallest absolute Gasteiger partial charge is 0.243 e. The van der Waals surface area contributed by atoms with Crippen LogP contribution in [0.1, 0.15) is 40.0 Å². The molecule has 0 bridgehead atoms. The second kappa shape index (κ2) is 4.82. The van der Waals surface area contributed by atoms with E-state index in [1.807, 2.05) is 11.8 Å². The summed E-state index contributed by atoms with van der Waals surface area (Å²) in [6, 6.07) is 0. The van der Waals surface area contributed by atoms with Crippen molar-refractivity contribution in [2.45, 2.75) is 45.6 Å². The van der Waals surface area contributed by atoms with Gasteiger partial charge in [0.05, 0.1) is 12.2 Å². The Hall–Kier alpha value is -0.610. The molecule has 2 aliphatic rings. The number of nitrogens with zero attached hydrogens (tertiary/aromatic N) is 2. The third-order valence-corrected chi connectivity index (χ3v) is 4.89. The summed E-state index contributed by atoms with van der Waals surface area (Å²) in [4.78, 5) is 16.8. The van der Waals surface area contributed by atoms with E-state index < -0.39 is 0 Å². The third kappa shape index (κ3) is 2.54. The highest BCUT2D eigenvalue weighted by Crippen LogP contribution is 2.33. The van der Waals surface area contributed by atoms with E-state index >= 15 is 0 Å². The lowest BCUT2D eigenvalue weighted by atomic mass is 9.80. The van der Waals surface area contributed by atoms with Crippen LogP contribution in [-0.2, 0) is 4.79 Å². The Morgan fingerprint density at radius 3 is 2.39 bits per heavy atom. The van der Waals surface area contributed by atoms with Gasteiger partial charge in [-0.3, -0.25) is 10.1 Å². The Balaban J connectivity index is 1.96.